The minimum absolute atomic E-state index is 0.189. The minimum Gasteiger partial charge on any atom is -0.387 e. The van der Waals surface area contributed by atoms with Crippen LogP contribution in [0, 0.1) is 0 Å². The second-order valence-electron chi connectivity index (χ2n) is 4.29. The number of halogens is 2. The van der Waals surface area contributed by atoms with Gasteiger partial charge in [-0.1, -0.05) is 29.4 Å². The maximum Gasteiger partial charge on any atom is 0.0926 e. The summed E-state index contributed by atoms with van der Waals surface area (Å²) in [5.41, 5.74) is 2.77. The molecule has 2 nitrogen and oxygen atoms in total. The number of hydrogen-bond acceptors (Lipinski definition) is 3. The predicted octanol–water partition coefficient (Wildman–Crippen LogP) is 4.82. The van der Waals surface area contributed by atoms with Gasteiger partial charge in [-0.2, -0.15) is 0 Å². The van der Waals surface area contributed by atoms with Gasteiger partial charge >= 0.3 is 0 Å². The van der Waals surface area contributed by atoms with E-state index in [2.05, 4.69) is 5.32 Å². The van der Waals surface area contributed by atoms with E-state index in [-0.39, 0.29) is 5.88 Å². The Balaban J connectivity index is 1.98. The summed E-state index contributed by atoms with van der Waals surface area (Å²) < 4.78 is 0. The monoisotopic (exact) mass is 311 g/mol. The number of hydrogen-bond donors (Lipinski definition) is 2. The van der Waals surface area contributed by atoms with Crippen molar-refractivity contribution in [3.05, 3.63) is 47.0 Å². The molecule has 1 aliphatic rings. The van der Waals surface area contributed by atoms with Crippen LogP contribution in [-0.4, -0.2) is 11.0 Å². The Morgan fingerprint density at radius 2 is 1.79 bits per heavy atom. The number of aliphatic hydroxyl groups excluding tert-OH is 1. The highest BCUT2D eigenvalue weighted by atomic mass is 35.5. The lowest BCUT2D eigenvalue weighted by molar-refractivity contribution is 0.202. The van der Waals surface area contributed by atoms with Crippen molar-refractivity contribution in [2.24, 2.45) is 0 Å². The lowest BCUT2D eigenvalue weighted by atomic mass is 10.1. The number of benzene rings is 2. The predicted molar refractivity (Wildman–Crippen MR) is 81.0 cm³/mol. The standard InChI is InChI=1S/C14H11Cl2NOS/c15-7-12(18)8-1-3-13-10(5-8)17-11-6-9(16)2-4-14(11)19-13/h1-6,12,17-18H,7H2. The summed E-state index contributed by atoms with van der Waals surface area (Å²) in [4.78, 5) is 2.27. The van der Waals surface area contributed by atoms with E-state index < -0.39 is 6.10 Å². The minimum atomic E-state index is -0.639. The molecule has 1 heterocycles. The Hall–Kier alpha value is -0.870. The Kier molecular flexibility index (Phi) is 3.63. The maximum absolute atomic E-state index is 9.78. The molecule has 1 atom stereocenters. The third-order valence-corrected chi connectivity index (χ3v) is 4.64. The van der Waals surface area contributed by atoms with Crippen molar-refractivity contribution in [3.63, 3.8) is 0 Å². The number of alkyl halides is 1. The van der Waals surface area contributed by atoms with Crippen LogP contribution >= 0.6 is 35.0 Å². The van der Waals surface area contributed by atoms with Crippen LogP contribution in [0.25, 0.3) is 0 Å². The van der Waals surface area contributed by atoms with Crippen LogP contribution in [0.4, 0.5) is 11.4 Å². The van der Waals surface area contributed by atoms with Gasteiger partial charge in [0.1, 0.15) is 0 Å². The molecular formula is C14H11Cl2NOS. The Bertz CT molecular complexity index is 633. The van der Waals surface area contributed by atoms with Crippen LogP contribution in [0.5, 0.6) is 0 Å². The van der Waals surface area contributed by atoms with E-state index in [9.17, 15) is 5.11 Å². The van der Waals surface area contributed by atoms with Crippen LogP contribution in [-0.2, 0) is 0 Å². The molecule has 0 spiro atoms. The molecule has 1 unspecified atom stereocenters. The Labute approximate surface area is 125 Å². The molecule has 0 amide bonds. The zero-order chi connectivity index (χ0) is 13.4. The van der Waals surface area contributed by atoms with Gasteiger partial charge in [0, 0.05) is 14.8 Å². The molecule has 2 aromatic rings. The second-order valence-corrected chi connectivity index (χ2v) is 6.12. The number of aliphatic hydroxyl groups is 1. The first kappa shape index (κ1) is 13.1. The van der Waals surface area contributed by atoms with Gasteiger partial charge in [-0.15, -0.1) is 11.6 Å². The molecule has 1 aliphatic heterocycles. The van der Waals surface area contributed by atoms with Crippen molar-refractivity contribution in [3.8, 4) is 0 Å². The fourth-order valence-corrected chi connectivity index (χ4v) is 3.28. The summed E-state index contributed by atoms with van der Waals surface area (Å²) in [5, 5.41) is 13.8. The van der Waals surface area contributed by atoms with Crippen LogP contribution in [0.15, 0.2) is 46.2 Å². The highest BCUT2D eigenvalue weighted by Crippen LogP contribution is 2.45. The summed E-state index contributed by atoms with van der Waals surface area (Å²) in [5.74, 6) is 0.189. The van der Waals surface area contributed by atoms with Crippen molar-refractivity contribution < 1.29 is 5.11 Å². The van der Waals surface area contributed by atoms with Gasteiger partial charge in [0.05, 0.1) is 23.4 Å². The number of anilines is 2. The molecular weight excluding hydrogens is 301 g/mol. The van der Waals surface area contributed by atoms with Gasteiger partial charge in [-0.25, -0.2) is 0 Å². The normalized spacial score (nSPS) is 14.3. The highest BCUT2D eigenvalue weighted by molar-refractivity contribution is 7.99. The fraction of sp³-hybridized carbons (Fsp3) is 0.143. The smallest absolute Gasteiger partial charge is 0.0926 e. The van der Waals surface area contributed by atoms with Crippen LogP contribution in [0.2, 0.25) is 5.02 Å². The Morgan fingerprint density at radius 1 is 1.11 bits per heavy atom. The first-order valence-corrected chi connectivity index (χ1v) is 7.52. The third-order valence-electron chi connectivity index (χ3n) is 2.97. The van der Waals surface area contributed by atoms with Crippen LogP contribution < -0.4 is 5.32 Å². The van der Waals surface area contributed by atoms with Crippen molar-refractivity contribution in [2.45, 2.75) is 15.9 Å². The van der Waals surface area contributed by atoms with Crippen molar-refractivity contribution in [2.75, 3.05) is 11.2 Å². The quantitative estimate of drug-likeness (QED) is 0.665. The van der Waals surface area contributed by atoms with Gasteiger partial charge in [0.25, 0.3) is 0 Å². The molecule has 0 radical (unpaired) electrons. The van der Waals surface area contributed by atoms with Crippen molar-refractivity contribution >= 4 is 46.3 Å². The first-order chi connectivity index (χ1) is 9.17. The lowest BCUT2D eigenvalue weighted by Gasteiger charge is -2.22. The fourth-order valence-electron chi connectivity index (χ4n) is 1.98. The van der Waals surface area contributed by atoms with E-state index in [1.807, 2.05) is 36.4 Å². The maximum atomic E-state index is 9.78. The van der Waals surface area contributed by atoms with Crippen molar-refractivity contribution in [1.29, 1.82) is 0 Å². The van der Waals surface area contributed by atoms with E-state index in [0.29, 0.717) is 5.02 Å². The van der Waals surface area contributed by atoms with E-state index in [1.165, 1.54) is 0 Å². The molecule has 5 heteroatoms. The summed E-state index contributed by atoms with van der Waals surface area (Å²) in [6.07, 6.45) is -0.639. The van der Waals surface area contributed by atoms with Gasteiger partial charge in [-0.3, -0.25) is 0 Å². The number of fused-ring (bicyclic) bond motifs is 2. The second kappa shape index (κ2) is 5.25. The molecule has 0 saturated carbocycles. The average molecular weight is 312 g/mol. The number of rotatable bonds is 2. The largest absolute Gasteiger partial charge is 0.387 e. The Morgan fingerprint density at radius 3 is 2.53 bits per heavy atom. The summed E-state index contributed by atoms with van der Waals surface area (Å²) in [7, 11) is 0. The average Bonchev–Trinajstić information content (AvgIpc) is 2.43. The van der Waals surface area contributed by atoms with Crippen LogP contribution in [0.3, 0.4) is 0 Å². The van der Waals surface area contributed by atoms with E-state index in [0.717, 1.165) is 26.7 Å². The van der Waals surface area contributed by atoms with E-state index >= 15 is 0 Å². The topological polar surface area (TPSA) is 32.3 Å². The molecule has 0 fully saturated rings. The molecule has 3 rings (SSSR count). The van der Waals surface area contributed by atoms with E-state index in [4.69, 9.17) is 23.2 Å². The van der Waals surface area contributed by atoms with Gasteiger partial charge in [0.2, 0.25) is 0 Å². The highest BCUT2D eigenvalue weighted by Gasteiger charge is 2.17. The molecule has 19 heavy (non-hydrogen) atoms. The summed E-state index contributed by atoms with van der Waals surface area (Å²) >= 11 is 13.4. The molecule has 2 N–H and O–H groups in total. The molecule has 0 saturated heterocycles. The summed E-state index contributed by atoms with van der Waals surface area (Å²) in [6.45, 7) is 0. The third kappa shape index (κ3) is 2.56. The zero-order valence-electron chi connectivity index (χ0n) is 9.86. The zero-order valence-corrected chi connectivity index (χ0v) is 12.2. The van der Waals surface area contributed by atoms with Gasteiger partial charge in [0.15, 0.2) is 0 Å². The molecule has 2 aromatic carbocycles. The molecule has 0 aliphatic carbocycles. The lowest BCUT2D eigenvalue weighted by Crippen LogP contribution is -2.03. The van der Waals surface area contributed by atoms with Gasteiger partial charge < -0.3 is 10.4 Å². The van der Waals surface area contributed by atoms with E-state index in [1.54, 1.807) is 11.8 Å². The SMILES string of the molecule is OC(CCl)c1ccc2c(c1)Nc1cc(Cl)ccc1S2. The molecule has 0 bridgehead atoms. The van der Waals surface area contributed by atoms with Crippen LogP contribution in [0.1, 0.15) is 11.7 Å². The molecule has 98 valence electrons. The number of nitrogens with one attached hydrogen (secondary N) is 1. The van der Waals surface area contributed by atoms with Gasteiger partial charge in [-0.05, 0) is 35.9 Å². The van der Waals surface area contributed by atoms with Crippen molar-refractivity contribution in [1.82, 2.24) is 0 Å². The first-order valence-electron chi connectivity index (χ1n) is 5.80. The summed E-state index contributed by atoms with van der Waals surface area (Å²) in [6, 6.07) is 11.6. The molecule has 0 aromatic heterocycles.